The van der Waals surface area contributed by atoms with Gasteiger partial charge in [-0.05, 0) is 40.2 Å². The van der Waals surface area contributed by atoms with Gasteiger partial charge in [0.1, 0.15) is 4.60 Å². The molecule has 0 unspecified atom stereocenters. The molecule has 0 saturated carbocycles. The largest absolute Gasteiger partial charge is 0.339 e. The van der Waals surface area contributed by atoms with E-state index in [1.807, 2.05) is 42.5 Å². The van der Waals surface area contributed by atoms with Crippen molar-refractivity contribution in [3.05, 3.63) is 52.8 Å². The number of nitrogens with zero attached hydrogens (tertiary/aromatic N) is 3. The van der Waals surface area contributed by atoms with Crippen LogP contribution in [0.4, 0.5) is 11.5 Å². The van der Waals surface area contributed by atoms with Gasteiger partial charge in [-0.15, -0.1) is 5.10 Å². The summed E-state index contributed by atoms with van der Waals surface area (Å²) in [6.07, 6.45) is 0. The number of hydrogen-bond acceptors (Lipinski definition) is 4. The first-order chi connectivity index (χ1) is 9.28. The lowest BCUT2D eigenvalue weighted by Crippen LogP contribution is -2.00. The van der Waals surface area contributed by atoms with Crippen LogP contribution in [0.5, 0.6) is 0 Å². The van der Waals surface area contributed by atoms with E-state index in [-0.39, 0.29) is 0 Å². The molecule has 2 aromatic heterocycles. The highest BCUT2D eigenvalue weighted by Crippen LogP contribution is 2.20. The maximum atomic E-state index is 5.63. The van der Waals surface area contributed by atoms with E-state index in [1.165, 1.54) is 0 Å². The highest BCUT2D eigenvalue weighted by atomic mass is 79.9. The highest BCUT2D eigenvalue weighted by molar-refractivity contribution is 9.10. The van der Waals surface area contributed by atoms with Crippen molar-refractivity contribution in [2.45, 2.75) is 6.54 Å². The lowest BCUT2D eigenvalue weighted by Gasteiger charge is -2.05. The Morgan fingerprint density at radius 3 is 2.68 bits per heavy atom. The number of nitrogens with two attached hydrogens (primary N) is 1. The van der Waals surface area contributed by atoms with Gasteiger partial charge in [-0.2, -0.15) is 0 Å². The van der Waals surface area contributed by atoms with Gasteiger partial charge in [0.25, 0.3) is 0 Å². The van der Waals surface area contributed by atoms with E-state index in [0.29, 0.717) is 6.54 Å². The van der Waals surface area contributed by atoms with Gasteiger partial charge in [-0.1, -0.05) is 18.2 Å². The van der Waals surface area contributed by atoms with Crippen LogP contribution in [0.15, 0.2) is 47.1 Å². The summed E-state index contributed by atoms with van der Waals surface area (Å²) >= 11 is 3.46. The molecule has 0 spiro atoms. The Bertz CT molecular complexity index is 708. The average molecular weight is 318 g/mol. The summed E-state index contributed by atoms with van der Waals surface area (Å²) in [7, 11) is 0. The smallest absolute Gasteiger partial charge is 0.155 e. The maximum Gasteiger partial charge on any atom is 0.155 e. The van der Waals surface area contributed by atoms with Gasteiger partial charge in [0.2, 0.25) is 0 Å². The summed E-state index contributed by atoms with van der Waals surface area (Å²) in [4.78, 5) is 4.38. The highest BCUT2D eigenvalue weighted by Gasteiger charge is 2.09. The molecule has 0 bridgehead atoms. The van der Waals surface area contributed by atoms with Crippen molar-refractivity contribution in [2.75, 3.05) is 5.32 Å². The standard InChI is InChI=1S/C13H12BrN5/c14-13-10(8-15)17-12-7-6-11(18-19(12)13)16-9-4-2-1-3-5-9/h1-7H,8,15H2,(H,16,18). The summed E-state index contributed by atoms with van der Waals surface area (Å²) in [6.45, 7) is 0.380. The summed E-state index contributed by atoms with van der Waals surface area (Å²) in [5.74, 6) is 0.750. The van der Waals surface area contributed by atoms with Gasteiger partial charge in [0.15, 0.2) is 11.5 Å². The predicted molar refractivity (Wildman–Crippen MR) is 78.3 cm³/mol. The first-order valence-corrected chi connectivity index (χ1v) is 6.63. The number of hydrogen-bond donors (Lipinski definition) is 2. The molecule has 0 radical (unpaired) electrons. The predicted octanol–water partition coefficient (Wildman–Crippen LogP) is 2.69. The molecule has 0 aliphatic rings. The molecule has 3 aromatic rings. The molecule has 0 amide bonds. The van der Waals surface area contributed by atoms with Crippen molar-refractivity contribution in [3.8, 4) is 0 Å². The van der Waals surface area contributed by atoms with E-state index >= 15 is 0 Å². The second kappa shape index (κ2) is 4.99. The fourth-order valence-electron chi connectivity index (χ4n) is 1.82. The molecule has 0 aliphatic heterocycles. The molecule has 6 heteroatoms. The van der Waals surface area contributed by atoms with Crippen molar-refractivity contribution in [2.24, 2.45) is 5.73 Å². The molecule has 5 nitrogen and oxygen atoms in total. The molecule has 3 N–H and O–H groups in total. The molecule has 3 rings (SSSR count). The first kappa shape index (κ1) is 12.1. The fourth-order valence-corrected chi connectivity index (χ4v) is 2.33. The van der Waals surface area contributed by atoms with Crippen molar-refractivity contribution in [1.82, 2.24) is 14.6 Å². The van der Waals surface area contributed by atoms with E-state index in [2.05, 4.69) is 31.3 Å². The van der Waals surface area contributed by atoms with Gasteiger partial charge in [0.05, 0.1) is 5.69 Å². The lowest BCUT2D eigenvalue weighted by atomic mass is 10.3. The minimum Gasteiger partial charge on any atom is -0.339 e. The van der Waals surface area contributed by atoms with Crippen LogP contribution in [0.1, 0.15) is 5.69 Å². The fraction of sp³-hybridized carbons (Fsp3) is 0.0769. The maximum absolute atomic E-state index is 5.63. The monoisotopic (exact) mass is 317 g/mol. The SMILES string of the molecule is NCc1nc2ccc(Nc3ccccc3)nn2c1Br. The lowest BCUT2D eigenvalue weighted by molar-refractivity contribution is 0.909. The molecular formula is C13H12BrN5. The molecule has 2 heterocycles. The van der Waals surface area contributed by atoms with E-state index in [9.17, 15) is 0 Å². The summed E-state index contributed by atoms with van der Waals surface area (Å²) < 4.78 is 2.52. The Hall–Kier alpha value is -1.92. The number of imidazole rings is 1. The van der Waals surface area contributed by atoms with E-state index in [0.717, 1.165) is 27.4 Å². The van der Waals surface area contributed by atoms with Crippen LogP contribution in [0, 0.1) is 0 Å². The Kier molecular flexibility index (Phi) is 3.18. The van der Waals surface area contributed by atoms with Crippen LogP contribution in [-0.2, 0) is 6.54 Å². The Labute approximate surface area is 118 Å². The Morgan fingerprint density at radius 1 is 1.16 bits per heavy atom. The molecule has 1 aromatic carbocycles. The third-order valence-corrected chi connectivity index (χ3v) is 3.52. The molecule has 0 saturated heterocycles. The van der Waals surface area contributed by atoms with Crippen LogP contribution in [0.25, 0.3) is 5.65 Å². The molecule has 96 valence electrons. The van der Waals surface area contributed by atoms with E-state index < -0.39 is 0 Å². The molecule has 0 aliphatic carbocycles. The van der Waals surface area contributed by atoms with Gasteiger partial charge in [0, 0.05) is 12.2 Å². The molecular weight excluding hydrogens is 306 g/mol. The number of aromatic nitrogens is 3. The molecule has 0 atom stereocenters. The summed E-state index contributed by atoms with van der Waals surface area (Å²) in [6, 6.07) is 13.7. The Morgan fingerprint density at radius 2 is 1.95 bits per heavy atom. The van der Waals surface area contributed by atoms with Crippen LogP contribution in [0.2, 0.25) is 0 Å². The second-order valence-electron chi connectivity index (χ2n) is 4.03. The molecule has 0 fully saturated rings. The van der Waals surface area contributed by atoms with Gasteiger partial charge >= 0.3 is 0 Å². The number of halogens is 1. The van der Waals surface area contributed by atoms with E-state index in [1.54, 1.807) is 4.52 Å². The van der Waals surface area contributed by atoms with Gasteiger partial charge in [-0.25, -0.2) is 9.50 Å². The third kappa shape index (κ3) is 2.32. The number of fused-ring (bicyclic) bond motifs is 1. The average Bonchev–Trinajstić information content (AvgIpc) is 2.77. The van der Waals surface area contributed by atoms with E-state index in [4.69, 9.17) is 5.73 Å². The van der Waals surface area contributed by atoms with Crippen LogP contribution < -0.4 is 11.1 Å². The van der Waals surface area contributed by atoms with Crippen molar-refractivity contribution >= 4 is 33.1 Å². The number of para-hydroxylation sites is 1. The first-order valence-electron chi connectivity index (χ1n) is 5.84. The van der Waals surface area contributed by atoms with Gasteiger partial charge < -0.3 is 11.1 Å². The minimum atomic E-state index is 0.380. The second-order valence-corrected chi connectivity index (χ2v) is 4.78. The van der Waals surface area contributed by atoms with Crippen molar-refractivity contribution in [1.29, 1.82) is 0 Å². The number of benzene rings is 1. The summed E-state index contributed by atoms with van der Waals surface area (Å²) in [5, 5.41) is 7.72. The minimum absolute atomic E-state index is 0.380. The zero-order valence-electron chi connectivity index (χ0n) is 10.0. The number of anilines is 2. The number of rotatable bonds is 3. The summed E-state index contributed by atoms with van der Waals surface area (Å²) in [5.41, 5.74) is 8.18. The van der Waals surface area contributed by atoms with Crippen molar-refractivity contribution < 1.29 is 0 Å². The van der Waals surface area contributed by atoms with Crippen LogP contribution in [-0.4, -0.2) is 14.6 Å². The number of nitrogens with one attached hydrogen (secondary N) is 1. The van der Waals surface area contributed by atoms with Crippen LogP contribution in [0.3, 0.4) is 0 Å². The normalized spacial score (nSPS) is 10.8. The van der Waals surface area contributed by atoms with Crippen molar-refractivity contribution in [3.63, 3.8) is 0 Å². The topological polar surface area (TPSA) is 68.2 Å². The zero-order chi connectivity index (χ0) is 13.2. The molecule has 19 heavy (non-hydrogen) atoms. The van der Waals surface area contributed by atoms with Crippen LogP contribution >= 0.6 is 15.9 Å². The third-order valence-electron chi connectivity index (χ3n) is 2.73. The Balaban J connectivity index is 1.99. The quantitative estimate of drug-likeness (QED) is 0.779. The zero-order valence-corrected chi connectivity index (χ0v) is 11.6. The van der Waals surface area contributed by atoms with Gasteiger partial charge in [-0.3, -0.25) is 0 Å².